The van der Waals surface area contributed by atoms with Gasteiger partial charge in [0.25, 0.3) is 0 Å². The van der Waals surface area contributed by atoms with Crippen LogP contribution in [0.1, 0.15) is 6.42 Å². The average Bonchev–Trinajstić information content (AvgIpc) is 2.69. The van der Waals surface area contributed by atoms with E-state index >= 15 is 0 Å². The molecular formula is C12H14Cl3N3O. The summed E-state index contributed by atoms with van der Waals surface area (Å²) in [4.78, 5) is 13.9. The Morgan fingerprint density at radius 1 is 1.37 bits per heavy atom. The number of nitrogens with one attached hydrogen (secondary N) is 1. The number of carbonyl (C=O) groups is 1. The minimum absolute atomic E-state index is 0.149. The molecule has 0 spiro atoms. The van der Waals surface area contributed by atoms with Gasteiger partial charge in [-0.25, -0.2) is 0 Å². The maximum Gasteiger partial charge on any atom is 0.238 e. The van der Waals surface area contributed by atoms with Crippen molar-refractivity contribution >= 4 is 46.4 Å². The zero-order chi connectivity index (χ0) is 14.0. The van der Waals surface area contributed by atoms with E-state index in [9.17, 15) is 4.79 Å². The summed E-state index contributed by atoms with van der Waals surface area (Å²) in [5.74, 6) is -0.166. The van der Waals surface area contributed by atoms with Crippen LogP contribution in [0.2, 0.25) is 15.1 Å². The highest BCUT2D eigenvalue weighted by Crippen LogP contribution is 2.33. The summed E-state index contributed by atoms with van der Waals surface area (Å²) in [6.07, 6.45) is 0.912. The van der Waals surface area contributed by atoms with Crippen LogP contribution in [0.4, 0.5) is 5.69 Å². The highest BCUT2D eigenvalue weighted by Gasteiger charge is 2.21. The number of benzene rings is 1. The van der Waals surface area contributed by atoms with E-state index in [2.05, 4.69) is 5.32 Å². The van der Waals surface area contributed by atoms with E-state index < -0.39 is 0 Å². The second-order valence-corrected chi connectivity index (χ2v) is 5.83. The van der Waals surface area contributed by atoms with Gasteiger partial charge < -0.3 is 11.1 Å². The fourth-order valence-electron chi connectivity index (χ4n) is 2.05. The lowest BCUT2D eigenvalue weighted by molar-refractivity contribution is -0.117. The molecule has 4 nitrogen and oxygen atoms in total. The predicted octanol–water partition coefficient (Wildman–Crippen LogP) is 2.62. The molecule has 0 saturated carbocycles. The third-order valence-corrected chi connectivity index (χ3v) is 3.76. The van der Waals surface area contributed by atoms with Gasteiger partial charge in [0.2, 0.25) is 5.91 Å². The van der Waals surface area contributed by atoms with Crippen molar-refractivity contribution in [3.8, 4) is 0 Å². The molecule has 1 heterocycles. The summed E-state index contributed by atoms with van der Waals surface area (Å²) in [5, 5.41) is 3.78. The van der Waals surface area contributed by atoms with Gasteiger partial charge in [-0.15, -0.1) is 0 Å². The van der Waals surface area contributed by atoms with E-state index in [4.69, 9.17) is 40.5 Å². The first-order valence-corrected chi connectivity index (χ1v) is 7.01. The Labute approximate surface area is 126 Å². The quantitative estimate of drug-likeness (QED) is 0.899. The van der Waals surface area contributed by atoms with Crippen LogP contribution in [0.25, 0.3) is 0 Å². The topological polar surface area (TPSA) is 58.4 Å². The van der Waals surface area contributed by atoms with E-state index in [0.29, 0.717) is 20.8 Å². The van der Waals surface area contributed by atoms with E-state index in [0.717, 1.165) is 19.5 Å². The van der Waals surface area contributed by atoms with Gasteiger partial charge in [0.05, 0.1) is 22.3 Å². The fourth-order valence-corrected chi connectivity index (χ4v) is 2.96. The predicted molar refractivity (Wildman–Crippen MR) is 79.1 cm³/mol. The van der Waals surface area contributed by atoms with Crippen LogP contribution >= 0.6 is 34.8 Å². The number of nitrogens with zero attached hydrogens (tertiary/aromatic N) is 1. The van der Waals surface area contributed by atoms with Gasteiger partial charge in [-0.05, 0) is 18.6 Å². The zero-order valence-electron chi connectivity index (χ0n) is 10.1. The third kappa shape index (κ3) is 3.97. The van der Waals surface area contributed by atoms with Crippen LogP contribution in [-0.2, 0) is 4.79 Å². The van der Waals surface area contributed by atoms with Crippen LogP contribution in [0.15, 0.2) is 12.1 Å². The van der Waals surface area contributed by atoms with Crippen molar-refractivity contribution in [3.63, 3.8) is 0 Å². The molecule has 0 bridgehead atoms. The molecule has 0 unspecified atom stereocenters. The molecule has 104 valence electrons. The van der Waals surface area contributed by atoms with Gasteiger partial charge in [-0.1, -0.05) is 34.8 Å². The van der Waals surface area contributed by atoms with E-state index in [-0.39, 0.29) is 18.5 Å². The lowest BCUT2D eigenvalue weighted by atomic mass is 10.3. The average molecular weight is 323 g/mol. The molecular weight excluding hydrogens is 309 g/mol. The van der Waals surface area contributed by atoms with Crippen molar-refractivity contribution < 1.29 is 4.79 Å². The van der Waals surface area contributed by atoms with Gasteiger partial charge in [0.15, 0.2) is 0 Å². The molecule has 19 heavy (non-hydrogen) atoms. The molecule has 1 saturated heterocycles. The van der Waals surface area contributed by atoms with Crippen LogP contribution in [0.5, 0.6) is 0 Å². The lowest BCUT2D eigenvalue weighted by Gasteiger charge is -2.16. The van der Waals surface area contributed by atoms with Crippen LogP contribution in [0.3, 0.4) is 0 Å². The van der Waals surface area contributed by atoms with Crippen molar-refractivity contribution in [1.82, 2.24) is 4.90 Å². The van der Waals surface area contributed by atoms with Crippen molar-refractivity contribution in [1.29, 1.82) is 0 Å². The zero-order valence-corrected chi connectivity index (χ0v) is 12.4. The number of hydrogen-bond donors (Lipinski definition) is 2. The first-order chi connectivity index (χ1) is 8.95. The maximum atomic E-state index is 11.9. The molecule has 1 aliphatic heterocycles. The molecule has 1 aromatic rings. The summed E-state index contributed by atoms with van der Waals surface area (Å²) >= 11 is 17.8. The molecule has 3 N–H and O–H groups in total. The molecule has 1 aliphatic rings. The van der Waals surface area contributed by atoms with Gasteiger partial charge >= 0.3 is 0 Å². The number of halogens is 3. The molecule has 1 fully saturated rings. The van der Waals surface area contributed by atoms with Crippen molar-refractivity contribution in [3.05, 3.63) is 27.2 Å². The maximum absolute atomic E-state index is 11.9. The number of hydrogen-bond acceptors (Lipinski definition) is 3. The third-order valence-electron chi connectivity index (χ3n) is 2.95. The van der Waals surface area contributed by atoms with Gasteiger partial charge in [-0.3, -0.25) is 9.69 Å². The Balaban J connectivity index is 1.99. The molecule has 0 aliphatic carbocycles. The number of nitrogens with two attached hydrogens (primary N) is 1. The molecule has 7 heteroatoms. The molecule has 1 aromatic carbocycles. The fraction of sp³-hybridized carbons (Fsp3) is 0.417. The van der Waals surface area contributed by atoms with Crippen LogP contribution in [0, 0.1) is 0 Å². The van der Waals surface area contributed by atoms with Crippen molar-refractivity contribution in [2.24, 2.45) is 5.73 Å². The first kappa shape index (κ1) is 14.9. The first-order valence-electron chi connectivity index (χ1n) is 5.88. The molecule has 2 rings (SSSR count). The number of likely N-dealkylation sites (tertiary alicyclic amines) is 1. The van der Waals surface area contributed by atoms with Crippen molar-refractivity contribution in [2.45, 2.75) is 12.5 Å². The SMILES string of the molecule is N[C@H]1CCN(CC(=O)Nc2c(Cl)cc(Cl)cc2Cl)C1. The lowest BCUT2D eigenvalue weighted by Crippen LogP contribution is -2.33. The largest absolute Gasteiger partial charge is 0.326 e. The Morgan fingerprint density at radius 2 is 2.00 bits per heavy atom. The Bertz CT molecular complexity index is 472. The molecule has 0 radical (unpaired) electrons. The van der Waals surface area contributed by atoms with Gasteiger partial charge in [0.1, 0.15) is 0 Å². The Hall–Kier alpha value is -0.520. The summed E-state index contributed by atoms with van der Waals surface area (Å²) in [5.41, 5.74) is 6.18. The highest BCUT2D eigenvalue weighted by atomic mass is 35.5. The van der Waals surface area contributed by atoms with Gasteiger partial charge in [0, 0.05) is 24.2 Å². The van der Waals surface area contributed by atoms with E-state index in [1.54, 1.807) is 0 Å². The summed E-state index contributed by atoms with van der Waals surface area (Å²) in [6, 6.07) is 3.22. The highest BCUT2D eigenvalue weighted by molar-refractivity contribution is 6.42. The monoisotopic (exact) mass is 321 g/mol. The number of amides is 1. The molecule has 0 aromatic heterocycles. The smallest absolute Gasteiger partial charge is 0.238 e. The van der Waals surface area contributed by atoms with Crippen LogP contribution in [-0.4, -0.2) is 36.5 Å². The Kier molecular flexibility index (Phi) is 4.92. The minimum Gasteiger partial charge on any atom is -0.326 e. The summed E-state index contributed by atoms with van der Waals surface area (Å²) < 4.78 is 0. The summed E-state index contributed by atoms with van der Waals surface area (Å²) in [7, 11) is 0. The van der Waals surface area contributed by atoms with Crippen molar-refractivity contribution in [2.75, 3.05) is 25.0 Å². The minimum atomic E-state index is -0.166. The number of rotatable bonds is 3. The second kappa shape index (κ2) is 6.29. The van der Waals surface area contributed by atoms with E-state index in [1.165, 1.54) is 12.1 Å². The van der Waals surface area contributed by atoms with E-state index in [1.807, 2.05) is 4.90 Å². The normalized spacial score (nSPS) is 19.7. The summed E-state index contributed by atoms with van der Waals surface area (Å²) in [6.45, 7) is 1.84. The van der Waals surface area contributed by atoms with Crippen LogP contribution < -0.4 is 11.1 Å². The number of carbonyl (C=O) groups excluding carboxylic acids is 1. The molecule has 1 amide bonds. The molecule has 1 atom stereocenters. The standard InChI is InChI=1S/C12H14Cl3N3O/c13-7-3-9(14)12(10(15)4-7)17-11(19)6-18-2-1-8(16)5-18/h3-4,8H,1-2,5-6,16H2,(H,17,19)/t8-/m0/s1. The number of anilines is 1. The Morgan fingerprint density at radius 3 is 2.53 bits per heavy atom. The van der Waals surface area contributed by atoms with Gasteiger partial charge in [-0.2, -0.15) is 0 Å². The second-order valence-electron chi connectivity index (χ2n) is 4.58.